The van der Waals surface area contributed by atoms with Gasteiger partial charge in [0.15, 0.2) is 6.29 Å². The molecule has 4 fully saturated rings. The second-order valence-electron chi connectivity index (χ2n) is 12.8. The summed E-state index contributed by atoms with van der Waals surface area (Å²) in [6.45, 7) is 6.65. The van der Waals surface area contributed by atoms with Crippen molar-refractivity contribution in [2.45, 2.75) is 120 Å². The fraction of sp³-hybridized carbons (Fsp3) is 0.923. The summed E-state index contributed by atoms with van der Waals surface area (Å²) < 4.78 is 11.7. The molecule has 0 unspecified atom stereocenters. The van der Waals surface area contributed by atoms with Crippen LogP contribution in [0.15, 0.2) is 11.1 Å². The largest absolute Gasteiger partial charge is 0.394 e. The van der Waals surface area contributed by atoms with Crippen LogP contribution in [0.1, 0.15) is 59.8 Å². The Labute approximate surface area is 211 Å². The first-order valence-electron chi connectivity index (χ1n) is 13.1. The van der Waals surface area contributed by atoms with E-state index in [1.807, 2.05) is 6.92 Å². The minimum absolute atomic E-state index is 0.108. The Morgan fingerprint density at radius 2 is 1.67 bits per heavy atom. The first-order chi connectivity index (χ1) is 16.6. The van der Waals surface area contributed by atoms with E-state index in [0.717, 1.165) is 11.1 Å². The lowest BCUT2D eigenvalue weighted by Crippen LogP contribution is -2.61. The van der Waals surface area contributed by atoms with Gasteiger partial charge in [-0.15, -0.1) is 0 Å². The Bertz CT molecular complexity index is 916. The van der Waals surface area contributed by atoms with Crippen molar-refractivity contribution in [1.29, 1.82) is 0 Å². The molecule has 1 heterocycles. The zero-order valence-electron chi connectivity index (χ0n) is 21.4. The summed E-state index contributed by atoms with van der Waals surface area (Å²) in [6, 6.07) is 0. The molecule has 10 nitrogen and oxygen atoms in total. The van der Waals surface area contributed by atoms with E-state index in [1.165, 1.54) is 0 Å². The lowest BCUT2D eigenvalue weighted by Gasteiger charge is -2.48. The molecule has 1 aliphatic heterocycles. The fourth-order valence-electron chi connectivity index (χ4n) is 8.65. The van der Waals surface area contributed by atoms with Gasteiger partial charge in [-0.05, 0) is 46.0 Å². The van der Waals surface area contributed by atoms with E-state index < -0.39 is 83.6 Å². The van der Waals surface area contributed by atoms with Gasteiger partial charge in [0.2, 0.25) is 0 Å². The van der Waals surface area contributed by atoms with Crippen LogP contribution in [0, 0.1) is 22.7 Å². The van der Waals surface area contributed by atoms with Crippen LogP contribution in [-0.2, 0) is 9.47 Å². The maximum absolute atomic E-state index is 12.3. The summed E-state index contributed by atoms with van der Waals surface area (Å²) in [7, 11) is 0. The third-order valence-corrected chi connectivity index (χ3v) is 10.8. The molecule has 0 radical (unpaired) electrons. The van der Waals surface area contributed by atoms with Crippen LogP contribution in [0.25, 0.3) is 0 Å². The number of hydrogen-bond donors (Lipinski definition) is 8. The lowest BCUT2D eigenvalue weighted by molar-refractivity contribution is -0.321. The molecule has 0 aromatic carbocycles. The van der Waals surface area contributed by atoms with Crippen molar-refractivity contribution in [3.05, 3.63) is 11.1 Å². The minimum Gasteiger partial charge on any atom is -0.394 e. The molecule has 5 rings (SSSR count). The summed E-state index contributed by atoms with van der Waals surface area (Å²) in [5.41, 5.74) is -2.68. The Kier molecular flexibility index (Phi) is 6.30. The van der Waals surface area contributed by atoms with E-state index in [-0.39, 0.29) is 18.8 Å². The van der Waals surface area contributed by atoms with Crippen molar-refractivity contribution in [2.75, 3.05) is 6.61 Å². The SMILES string of the molecule is CC1=C2CC[C@@H]3[C@@H](O)[C@@]2(C[C@@H](O)[C@@]2(O)[C@H]1C[C@H](O[C@@H]1O[C@H](CO)[C@@H](O)[C@H](O)[C@H]1O)C2(C)C)C[C@@]3(C)O. The fourth-order valence-corrected chi connectivity index (χ4v) is 8.65. The number of hydrogen-bond acceptors (Lipinski definition) is 10. The standard InChI is InChI=1S/C26H42O10/c1-11-12-5-6-13-21(32)25(12,10-24(13,4)33)8-16(28)26(34)14(11)7-17(23(26,2)3)36-22-20(31)19(30)18(29)15(9-27)35-22/h13-22,27-34H,5-10H2,1-4H3/t13-,14+,15-,16-,17+,18-,19+,20-,21-,22+,24-,25+,26+/m1/s1. The molecular formula is C26H42O10. The van der Waals surface area contributed by atoms with Crippen molar-refractivity contribution >= 4 is 0 Å². The average Bonchev–Trinajstić information content (AvgIpc) is 3.02. The van der Waals surface area contributed by atoms with Gasteiger partial charge in [-0.1, -0.05) is 25.0 Å². The summed E-state index contributed by atoms with van der Waals surface area (Å²) >= 11 is 0. The smallest absolute Gasteiger partial charge is 0.186 e. The normalized spacial score (nSPS) is 56.3. The predicted molar refractivity (Wildman–Crippen MR) is 125 cm³/mol. The average molecular weight is 515 g/mol. The Balaban J connectivity index is 1.50. The number of fused-ring (bicyclic) bond motifs is 2. The van der Waals surface area contributed by atoms with Crippen LogP contribution in [0.2, 0.25) is 0 Å². The molecule has 0 aromatic heterocycles. The molecular weight excluding hydrogens is 472 g/mol. The molecule has 3 saturated carbocycles. The van der Waals surface area contributed by atoms with Crippen LogP contribution in [0.4, 0.5) is 0 Å². The highest BCUT2D eigenvalue weighted by Gasteiger charge is 2.71. The van der Waals surface area contributed by atoms with Gasteiger partial charge in [0, 0.05) is 22.7 Å². The van der Waals surface area contributed by atoms with Crippen LogP contribution in [-0.4, -0.2) is 108 Å². The molecule has 1 spiro atoms. The van der Waals surface area contributed by atoms with Gasteiger partial charge in [-0.3, -0.25) is 0 Å². The van der Waals surface area contributed by atoms with Gasteiger partial charge in [0.1, 0.15) is 30.0 Å². The Hall–Kier alpha value is -0.660. The second-order valence-corrected chi connectivity index (χ2v) is 12.8. The maximum Gasteiger partial charge on any atom is 0.186 e. The topological polar surface area (TPSA) is 180 Å². The molecule has 0 aromatic rings. The number of rotatable bonds is 3. The first-order valence-corrected chi connectivity index (χ1v) is 13.1. The molecule has 2 bridgehead atoms. The number of aliphatic hydroxyl groups excluding tert-OH is 6. The highest BCUT2D eigenvalue weighted by molar-refractivity contribution is 5.39. The van der Waals surface area contributed by atoms with E-state index in [2.05, 4.69) is 0 Å². The van der Waals surface area contributed by atoms with Gasteiger partial charge in [-0.2, -0.15) is 0 Å². The minimum atomic E-state index is -1.64. The van der Waals surface area contributed by atoms with Gasteiger partial charge < -0.3 is 50.3 Å². The van der Waals surface area contributed by atoms with Crippen LogP contribution in [0.5, 0.6) is 0 Å². The molecule has 0 amide bonds. The summed E-state index contributed by atoms with van der Waals surface area (Å²) in [6.07, 6.45) is -7.87. The number of ether oxygens (including phenoxy) is 2. The summed E-state index contributed by atoms with van der Waals surface area (Å²) in [5.74, 6) is -0.801. The Morgan fingerprint density at radius 3 is 2.31 bits per heavy atom. The molecule has 13 atom stereocenters. The van der Waals surface area contributed by atoms with E-state index in [4.69, 9.17) is 9.47 Å². The van der Waals surface area contributed by atoms with E-state index in [1.54, 1.807) is 20.8 Å². The molecule has 1 saturated heterocycles. The quantitative estimate of drug-likeness (QED) is 0.216. The zero-order chi connectivity index (χ0) is 26.6. The predicted octanol–water partition coefficient (Wildman–Crippen LogP) is -1.06. The lowest BCUT2D eigenvalue weighted by atomic mass is 9.64. The van der Waals surface area contributed by atoms with Crippen molar-refractivity contribution in [1.82, 2.24) is 0 Å². The van der Waals surface area contributed by atoms with E-state index >= 15 is 0 Å². The third-order valence-electron chi connectivity index (χ3n) is 10.8. The monoisotopic (exact) mass is 514 g/mol. The highest BCUT2D eigenvalue weighted by atomic mass is 16.7. The third kappa shape index (κ3) is 3.33. The van der Waals surface area contributed by atoms with Crippen molar-refractivity contribution in [2.24, 2.45) is 22.7 Å². The Morgan fingerprint density at radius 1 is 1.00 bits per heavy atom. The van der Waals surface area contributed by atoms with Crippen LogP contribution in [0.3, 0.4) is 0 Å². The van der Waals surface area contributed by atoms with Crippen LogP contribution >= 0.6 is 0 Å². The molecule has 8 N–H and O–H groups in total. The maximum atomic E-state index is 12.3. The van der Waals surface area contributed by atoms with E-state index in [9.17, 15) is 40.9 Å². The van der Waals surface area contributed by atoms with Crippen molar-refractivity contribution < 1.29 is 50.3 Å². The summed E-state index contributed by atoms with van der Waals surface area (Å²) in [4.78, 5) is 0. The first kappa shape index (κ1) is 26.9. The van der Waals surface area contributed by atoms with E-state index in [0.29, 0.717) is 19.3 Å². The molecule has 36 heavy (non-hydrogen) atoms. The van der Waals surface area contributed by atoms with Gasteiger partial charge >= 0.3 is 0 Å². The second kappa shape index (κ2) is 8.42. The molecule has 10 heteroatoms. The molecule has 5 aliphatic rings. The van der Waals surface area contributed by atoms with Crippen molar-refractivity contribution in [3.8, 4) is 0 Å². The van der Waals surface area contributed by atoms with Gasteiger partial charge in [-0.25, -0.2) is 0 Å². The van der Waals surface area contributed by atoms with Gasteiger partial charge in [0.05, 0.1) is 30.5 Å². The summed E-state index contributed by atoms with van der Waals surface area (Å²) in [5, 5.41) is 86.7. The molecule has 4 aliphatic carbocycles. The zero-order valence-corrected chi connectivity index (χ0v) is 21.4. The molecule has 206 valence electrons. The van der Waals surface area contributed by atoms with Crippen molar-refractivity contribution in [3.63, 3.8) is 0 Å². The number of aliphatic hydroxyl groups is 8. The van der Waals surface area contributed by atoms with Gasteiger partial charge in [0.25, 0.3) is 0 Å². The highest BCUT2D eigenvalue weighted by Crippen LogP contribution is 2.67. The van der Waals surface area contributed by atoms with Crippen LogP contribution < -0.4 is 0 Å².